The van der Waals surface area contributed by atoms with Gasteiger partial charge in [0.15, 0.2) is 11.8 Å². The van der Waals surface area contributed by atoms with E-state index in [9.17, 15) is 35.9 Å². The van der Waals surface area contributed by atoms with Crippen LogP contribution in [0.3, 0.4) is 0 Å². The Balaban J connectivity index is 0.000000280. The van der Waals surface area contributed by atoms with Crippen LogP contribution in [-0.4, -0.2) is 42.9 Å². The zero-order valence-corrected chi connectivity index (χ0v) is 32.8. The van der Waals surface area contributed by atoms with Crippen LogP contribution in [0.25, 0.3) is 0 Å². The first-order chi connectivity index (χ1) is 25.1. The molecular formula is C41H47ClF6O5Si. The molecule has 0 saturated carbocycles. The second kappa shape index (κ2) is 20.5. The molecule has 0 heterocycles. The number of aliphatic hydroxyl groups is 1. The van der Waals surface area contributed by atoms with Gasteiger partial charge in [-0.3, -0.25) is 9.59 Å². The van der Waals surface area contributed by atoms with Crippen molar-refractivity contribution in [3.05, 3.63) is 132 Å². The Labute approximate surface area is 319 Å². The number of halogens is 7. The highest BCUT2D eigenvalue weighted by Gasteiger charge is 2.50. The summed E-state index contributed by atoms with van der Waals surface area (Å²) < 4.78 is 84.7. The van der Waals surface area contributed by atoms with E-state index in [0.717, 1.165) is 6.92 Å². The van der Waals surface area contributed by atoms with Gasteiger partial charge in [-0.05, 0) is 39.4 Å². The minimum atomic E-state index is -4.82. The molecule has 5 nitrogen and oxygen atoms in total. The Hall–Kier alpha value is -4.13. The van der Waals surface area contributed by atoms with E-state index in [1.54, 1.807) is 60.7 Å². The normalized spacial score (nSPS) is 13.6. The minimum absolute atomic E-state index is 0.0667. The zero-order chi connectivity index (χ0) is 40.7. The first-order valence-corrected chi connectivity index (χ1v) is 20.1. The van der Waals surface area contributed by atoms with Crippen molar-refractivity contribution in [3.8, 4) is 0 Å². The summed E-state index contributed by atoms with van der Waals surface area (Å²) in [5.41, 5.74) is 1.24. The van der Waals surface area contributed by atoms with E-state index in [-0.39, 0.29) is 18.3 Å². The van der Waals surface area contributed by atoms with Crippen molar-refractivity contribution in [1.82, 2.24) is 0 Å². The van der Waals surface area contributed by atoms with Gasteiger partial charge in [-0.1, -0.05) is 156 Å². The molecule has 0 aliphatic heterocycles. The third-order valence-corrected chi connectivity index (χ3v) is 15.5. The Kier molecular flexibility index (Phi) is 17.5. The number of hydrogen-bond donors (Lipinski definition) is 1. The molecule has 0 aliphatic rings. The molecule has 0 radical (unpaired) electrons. The van der Waals surface area contributed by atoms with E-state index < -0.39 is 55.5 Å². The largest absolute Gasteiger partial charge is 0.460 e. The topological polar surface area (TPSA) is 72.8 Å². The van der Waals surface area contributed by atoms with Crippen LogP contribution >= 0.6 is 11.1 Å². The summed E-state index contributed by atoms with van der Waals surface area (Å²) in [6.07, 6.45) is -11.2. The predicted molar refractivity (Wildman–Crippen MR) is 202 cm³/mol. The number of esters is 2. The molecule has 4 aromatic rings. The molecule has 294 valence electrons. The fraction of sp³-hybridized carbons (Fsp3) is 0.366. The van der Waals surface area contributed by atoms with Crippen molar-refractivity contribution in [1.29, 1.82) is 0 Å². The summed E-state index contributed by atoms with van der Waals surface area (Å²) in [4.78, 5) is 22.8. The first-order valence-electron chi connectivity index (χ1n) is 17.1. The SMILES string of the molecule is CC(C)(C)[Si](Cl)(c1ccccc1)c1ccccc1.CC(C)C(C(=O)OCc1ccccc1)C(F)(F)F.CC(O)C(C(=O)OCc1ccccc1)C(F)(F)F. The average Bonchev–Trinajstić information content (AvgIpc) is 3.10. The van der Waals surface area contributed by atoms with Gasteiger partial charge < -0.3 is 14.6 Å². The monoisotopic (exact) mass is 796 g/mol. The van der Waals surface area contributed by atoms with Crippen molar-refractivity contribution in [2.75, 3.05) is 0 Å². The lowest BCUT2D eigenvalue weighted by atomic mass is 9.95. The smallest absolute Gasteiger partial charge is 0.404 e. The molecule has 4 aromatic carbocycles. The molecule has 4 rings (SSSR count). The highest BCUT2D eigenvalue weighted by atomic mass is 35.6. The molecule has 0 saturated heterocycles. The first kappa shape index (κ1) is 46.0. The lowest BCUT2D eigenvalue weighted by Gasteiger charge is -2.38. The van der Waals surface area contributed by atoms with Gasteiger partial charge in [0.25, 0.3) is 0 Å². The standard InChI is InChI=1S/C16H19ClSi.C13H15F3O2.C12H13F3O3/c1-16(2,3)18(17,14-10-6-4-7-11-14)15-12-8-5-9-13-15;1-9(2)11(13(14,15)16)12(17)18-8-10-6-4-3-5-7-10;1-8(16)10(12(13,14)15)11(17)18-7-9-5-3-2-4-6-9/h4-13H,1-3H3;3-7,9,11H,8H2,1-2H3;2-6,8,10,16H,7H2,1H3. The minimum Gasteiger partial charge on any atom is -0.460 e. The quantitative estimate of drug-likeness (QED) is 0.0750. The maximum absolute atomic E-state index is 12.6. The summed E-state index contributed by atoms with van der Waals surface area (Å²) >= 11 is 7.21. The summed E-state index contributed by atoms with van der Waals surface area (Å²) in [7, 11) is -2.23. The number of carbonyl (C=O) groups excluding carboxylic acids is 2. The van der Waals surface area contributed by atoms with Gasteiger partial charge >= 0.3 is 24.3 Å². The van der Waals surface area contributed by atoms with Gasteiger partial charge in [0.1, 0.15) is 13.2 Å². The molecule has 0 spiro atoms. The molecule has 0 fully saturated rings. The summed E-state index contributed by atoms with van der Waals surface area (Å²) in [6.45, 7) is 9.94. The van der Waals surface area contributed by atoms with Crippen molar-refractivity contribution in [3.63, 3.8) is 0 Å². The van der Waals surface area contributed by atoms with Crippen LogP contribution in [0, 0.1) is 17.8 Å². The van der Waals surface area contributed by atoms with Gasteiger partial charge in [-0.15, -0.1) is 0 Å². The Morgan fingerprint density at radius 2 is 0.889 bits per heavy atom. The van der Waals surface area contributed by atoms with Gasteiger partial charge in [0, 0.05) is 0 Å². The molecule has 3 atom stereocenters. The Morgan fingerprint density at radius 3 is 1.15 bits per heavy atom. The van der Waals surface area contributed by atoms with Crippen LogP contribution in [0.1, 0.15) is 52.7 Å². The molecule has 3 unspecified atom stereocenters. The van der Waals surface area contributed by atoms with Crippen molar-refractivity contribution in [2.45, 2.75) is 78.3 Å². The third kappa shape index (κ3) is 13.9. The fourth-order valence-corrected chi connectivity index (χ4v) is 9.52. The number of hydrogen-bond acceptors (Lipinski definition) is 5. The van der Waals surface area contributed by atoms with Crippen LogP contribution in [0.4, 0.5) is 26.3 Å². The van der Waals surface area contributed by atoms with Crippen LogP contribution in [0.2, 0.25) is 5.04 Å². The molecular weight excluding hydrogens is 750 g/mol. The Bertz CT molecular complexity index is 1570. The molecule has 0 aliphatic carbocycles. The van der Waals surface area contributed by atoms with Crippen molar-refractivity contribution < 1.29 is 50.5 Å². The maximum atomic E-state index is 12.6. The van der Waals surface area contributed by atoms with Crippen LogP contribution < -0.4 is 10.4 Å². The second-order valence-corrected chi connectivity index (χ2v) is 19.5. The fourth-order valence-electron chi connectivity index (χ4n) is 5.39. The molecule has 54 heavy (non-hydrogen) atoms. The number of rotatable bonds is 10. The summed E-state index contributed by atoms with van der Waals surface area (Å²) in [6, 6.07) is 38.0. The average molecular weight is 797 g/mol. The van der Waals surface area contributed by atoms with Gasteiger partial charge in [-0.2, -0.15) is 37.4 Å². The number of aliphatic hydroxyl groups excluding tert-OH is 1. The van der Waals surface area contributed by atoms with Gasteiger partial charge in [0.2, 0.25) is 7.38 Å². The molecule has 0 bridgehead atoms. The van der Waals surface area contributed by atoms with Gasteiger partial charge in [0.05, 0.1) is 6.10 Å². The molecule has 13 heteroatoms. The summed E-state index contributed by atoms with van der Waals surface area (Å²) in [5, 5.41) is 11.6. The molecule has 1 N–H and O–H groups in total. The van der Waals surface area contributed by atoms with E-state index >= 15 is 0 Å². The highest BCUT2D eigenvalue weighted by molar-refractivity contribution is 7.35. The van der Waals surface area contributed by atoms with Crippen molar-refractivity contribution >= 4 is 40.8 Å². The second-order valence-electron chi connectivity index (χ2n) is 13.9. The lowest BCUT2D eigenvalue weighted by Crippen LogP contribution is -2.59. The number of benzene rings is 4. The van der Waals surface area contributed by atoms with Crippen LogP contribution in [0.5, 0.6) is 0 Å². The van der Waals surface area contributed by atoms with E-state index in [0.29, 0.717) is 11.1 Å². The highest BCUT2D eigenvalue weighted by Crippen LogP contribution is 2.38. The Morgan fingerprint density at radius 1 is 0.593 bits per heavy atom. The van der Waals surface area contributed by atoms with E-state index in [4.69, 9.17) is 20.9 Å². The zero-order valence-electron chi connectivity index (χ0n) is 31.0. The van der Waals surface area contributed by atoms with Gasteiger partial charge in [-0.25, -0.2) is 0 Å². The molecule has 0 amide bonds. The van der Waals surface area contributed by atoms with E-state index in [1.165, 1.54) is 24.2 Å². The van der Waals surface area contributed by atoms with Crippen molar-refractivity contribution in [2.24, 2.45) is 17.8 Å². The third-order valence-electron chi connectivity index (χ3n) is 8.19. The maximum Gasteiger partial charge on any atom is 0.404 e. The lowest BCUT2D eigenvalue weighted by molar-refractivity contribution is -0.214. The molecule has 0 aromatic heterocycles. The summed E-state index contributed by atoms with van der Waals surface area (Å²) in [5.74, 6) is -8.11. The number of alkyl halides is 6. The predicted octanol–water partition coefficient (Wildman–Crippen LogP) is 9.64. The van der Waals surface area contributed by atoms with Crippen LogP contribution in [-0.2, 0) is 32.3 Å². The number of ether oxygens (including phenoxy) is 2. The van der Waals surface area contributed by atoms with E-state index in [2.05, 4.69) is 74.0 Å². The van der Waals surface area contributed by atoms with E-state index in [1.807, 2.05) is 12.1 Å². The number of carbonyl (C=O) groups is 2. The van der Waals surface area contributed by atoms with Crippen LogP contribution in [0.15, 0.2) is 121 Å².